The van der Waals surface area contributed by atoms with Crippen molar-refractivity contribution >= 4 is 11.7 Å². The molecule has 17 heavy (non-hydrogen) atoms. The highest BCUT2D eigenvalue weighted by atomic mass is 16.3. The zero-order valence-corrected chi connectivity index (χ0v) is 9.42. The predicted octanol–water partition coefficient (Wildman–Crippen LogP) is 1.31. The summed E-state index contributed by atoms with van der Waals surface area (Å²) < 4.78 is 1.59. The smallest absolute Gasteiger partial charge is 0.229 e. The molecule has 0 spiro atoms. The molecule has 2 N–H and O–H groups in total. The van der Waals surface area contributed by atoms with Crippen LogP contribution in [0.1, 0.15) is 5.56 Å². The van der Waals surface area contributed by atoms with Crippen molar-refractivity contribution in [1.29, 1.82) is 0 Å². The normalized spacial score (nSPS) is 10.2. The van der Waals surface area contributed by atoms with E-state index in [1.165, 1.54) is 0 Å². The number of phenols is 1. The van der Waals surface area contributed by atoms with Gasteiger partial charge in [0.15, 0.2) is 0 Å². The Morgan fingerprint density at radius 1 is 1.35 bits per heavy atom. The van der Waals surface area contributed by atoms with Crippen LogP contribution in [-0.2, 0) is 18.3 Å². The zero-order chi connectivity index (χ0) is 12.3. The Labute approximate surface area is 98.7 Å². The minimum absolute atomic E-state index is 0.112. The first-order chi connectivity index (χ1) is 8.15. The number of benzene rings is 1. The summed E-state index contributed by atoms with van der Waals surface area (Å²) in [7, 11) is 1.76. The Morgan fingerprint density at radius 3 is 2.65 bits per heavy atom. The fourth-order valence-electron chi connectivity index (χ4n) is 1.48. The third-order valence-corrected chi connectivity index (χ3v) is 2.39. The van der Waals surface area contributed by atoms with E-state index in [4.69, 9.17) is 5.11 Å². The summed E-state index contributed by atoms with van der Waals surface area (Å²) in [6.07, 6.45) is 1.89. The molecule has 0 aliphatic carbocycles. The summed E-state index contributed by atoms with van der Waals surface area (Å²) in [6.45, 7) is 0. The van der Waals surface area contributed by atoms with Gasteiger partial charge in [0.05, 0.1) is 12.6 Å². The number of phenolic OH excluding ortho intramolecular Hbond substituents is 1. The number of aromatic nitrogens is 2. The van der Waals surface area contributed by atoms with Gasteiger partial charge >= 0.3 is 0 Å². The molecule has 2 aromatic rings. The summed E-state index contributed by atoms with van der Waals surface area (Å²) in [5.74, 6) is 0.744. The van der Waals surface area contributed by atoms with Gasteiger partial charge < -0.3 is 10.4 Å². The zero-order valence-electron chi connectivity index (χ0n) is 9.42. The summed E-state index contributed by atoms with van der Waals surface area (Å²) in [4.78, 5) is 11.7. The molecule has 0 fully saturated rings. The monoisotopic (exact) mass is 231 g/mol. The van der Waals surface area contributed by atoms with E-state index >= 15 is 0 Å². The largest absolute Gasteiger partial charge is 0.508 e. The van der Waals surface area contributed by atoms with Crippen LogP contribution < -0.4 is 5.32 Å². The fourth-order valence-corrected chi connectivity index (χ4v) is 1.48. The lowest BCUT2D eigenvalue weighted by molar-refractivity contribution is -0.115. The van der Waals surface area contributed by atoms with Crippen molar-refractivity contribution in [3.63, 3.8) is 0 Å². The van der Waals surface area contributed by atoms with Gasteiger partial charge in [0.1, 0.15) is 11.6 Å². The number of amides is 1. The van der Waals surface area contributed by atoms with Gasteiger partial charge in [0, 0.05) is 13.1 Å². The Kier molecular flexibility index (Phi) is 3.09. The number of hydrogen-bond acceptors (Lipinski definition) is 3. The molecule has 0 unspecified atom stereocenters. The number of rotatable bonds is 3. The van der Waals surface area contributed by atoms with Gasteiger partial charge in [-0.1, -0.05) is 12.1 Å². The molecule has 1 aromatic heterocycles. The van der Waals surface area contributed by atoms with Gasteiger partial charge in [0.2, 0.25) is 5.91 Å². The summed E-state index contributed by atoms with van der Waals surface area (Å²) in [5, 5.41) is 15.8. The van der Waals surface area contributed by atoms with Gasteiger partial charge in [-0.25, -0.2) is 0 Å². The van der Waals surface area contributed by atoms with Crippen LogP contribution in [0.25, 0.3) is 0 Å². The first-order valence-electron chi connectivity index (χ1n) is 5.21. The SMILES string of the molecule is Cn1nccc1NC(=O)Cc1ccc(O)cc1. The van der Waals surface area contributed by atoms with Gasteiger partial charge in [-0.05, 0) is 17.7 Å². The van der Waals surface area contributed by atoms with Crippen LogP contribution in [0.5, 0.6) is 5.75 Å². The topological polar surface area (TPSA) is 67.2 Å². The molecule has 5 heteroatoms. The van der Waals surface area contributed by atoms with Crippen LogP contribution in [-0.4, -0.2) is 20.8 Å². The number of carbonyl (C=O) groups excluding carboxylic acids is 1. The quantitative estimate of drug-likeness (QED) is 0.836. The van der Waals surface area contributed by atoms with Crippen LogP contribution in [0.15, 0.2) is 36.5 Å². The predicted molar refractivity (Wildman–Crippen MR) is 63.6 cm³/mol. The summed E-state index contributed by atoms with van der Waals surface area (Å²) in [6, 6.07) is 8.30. The molecule has 2 rings (SSSR count). The molecule has 0 bridgehead atoms. The second-order valence-corrected chi connectivity index (χ2v) is 3.73. The molecule has 88 valence electrons. The molecular formula is C12H13N3O2. The molecule has 1 aromatic carbocycles. The van der Waals surface area contributed by atoms with E-state index in [1.54, 1.807) is 48.3 Å². The second-order valence-electron chi connectivity index (χ2n) is 3.73. The standard InChI is InChI=1S/C12H13N3O2/c1-15-11(6-7-13-15)14-12(17)8-9-2-4-10(16)5-3-9/h2-7,16H,8H2,1H3,(H,14,17). The molecule has 0 saturated carbocycles. The number of carbonyl (C=O) groups is 1. The third kappa shape index (κ3) is 2.84. The Morgan fingerprint density at radius 2 is 2.06 bits per heavy atom. The maximum atomic E-state index is 11.7. The third-order valence-electron chi connectivity index (χ3n) is 2.39. The number of aromatic hydroxyl groups is 1. The molecular weight excluding hydrogens is 218 g/mol. The number of nitrogens with zero attached hydrogens (tertiary/aromatic N) is 2. The lowest BCUT2D eigenvalue weighted by atomic mass is 10.1. The first kappa shape index (κ1) is 11.2. The summed E-state index contributed by atoms with van der Waals surface area (Å²) in [5.41, 5.74) is 0.850. The Bertz CT molecular complexity index is 517. The van der Waals surface area contributed by atoms with Crippen molar-refractivity contribution in [2.45, 2.75) is 6.42 Å². The molecule has 0 aliphatic rings. The van der Waals surface area contributed by atoms with E-state index in [0.717, 1.165) is 5.56 Å². The molecule has 0 radical (unpaired) electrons. The highest BCUT2D eigenvalue weighted by Crippen LogP contribution is 2.11. The second kappa shape index (κ2) is 4.69. The van der Waals surface area contributed by atoms with E-state index in [9.17, 15) is 4.79 Å². The van der Waals surface area contributed by atoms with E-state index in [2.05, 4.69) is 10.4 Å². The van der Waals surface area contributed by atoms with E-state index < -0.39 is 0 Å². The van der Waals surface area contributed by atoms with Crippen LogP contribution in [0.2, 0.25) is 0 Å². The summed E-state index contributed by atoms with van der Waals surface area (Å²) >= 11 is 0. The van der Waals surface area contributed by atoms with Crippen LogP contribution in [0.4, 0.5) is 5.82 Å². The van der Waals surface area contributed by atoms with Gasteiger partial charge in [-0.3, -0.25) is 9.48 Å². The number of hydrogen-bond donors (Lipinski definition) is 2. The highest BCUT2D eigenvalue weighted by Gasteiger charge is 2.06. The molecule has 5 nitrogen and oxygen atoms in total. The lowest BCUT2D eigenvalue weighted by Gasteiger charge is -2.05. The average molecular weight is 231 g/mol. The maximum Gasteiger partial charge on any atom is 0.229 e. The molecule has 1 heterocycles. The van der Waals surface area contributed by atoms with Gasteiger partial charge in [-0.2, -0.15) is 5.10 Å². The fraction of sp³-hybridized carbons (Fsp3) is 0.167. The van der Waals surface area contributed by atoms with Crippen LogP contribution in [0, 0.1) is 0 Å². The number of anilines is 1. The van der Waals surface area contributed by atoms with Gasteiger partial charge in [0.25, 0.3) is 0 Å². The van der Waals surface area contributed by atoms with Crippen molar-refractivity contribution in [2.75, 3.05) is 5.32 Å². The molecule has 0 aliphatic heterocycles. The molecule has 0 saturated heterocycles. The minimum atomic E-state index is -0.112. The van der Waals surface area contributed by atoms with E-state index in [-0.39, 0.29) is 18.1 Å². The van der Waals surface area contributed by atoms with Crippen LogP contribution >= 0.6 is 0 Å². The van der Waals surface area contributed by atoms with Crippen LogP contribution in [0.3, 0.4) is 0 Å². The molecule has 1 amide bonds. The average Bonchev–Trinajstić information content (AvgIpc) is 2.68. The Hall–Kier alpha value is -2.30. The van der Waals surface area contributed by atoms with Crippen molar-refractivity contribution in [3.8, 4) is 5.75 Å². The van der Waals surface area contributed by atoms with E-state index in [0.29, 0.717) is 5.82 Å². The van der Waals surface area contributed by atoms with E-state index in [1.807, 2.05) is 0 Å². The highest BCUT2D eigenvalue weighted by molar-refractivity contribution is 5.91. The molecule has 0 atom stereocenters. The van der Waals surface area contributed by atoms with Crippen molar-refractivity contribution in [3.05, 3.63) is 42.1 Å². The number of nitrogens with one attached hydrogen (secondary N) is 1. The van der Waals surface area contributed by atoms with Crippen molar-refractivity contribution < 1.29 is 9.90 Å². The Balaban J connectivity index is 1.98. The van der Waals surface area contributed by atoms with Crippen molar-refractivity contribution in [2.24, 2.45) is 7.05 Å². The minimum Gasteiger partial charge on any atom is -0.508 e. The van der Waals surface area contributed by atoms with Gasteiger partial charge in [-0.15, -0.1) is 0 Å². The number of aryl methyl sites for hydroxylation is 1. The lowest BCUT2D eigenvalue weighted by Crippen LogP contribution is -2.16. The first-order valence-corrected chi connectivity index (χ1v) is 5.21. The maximum absolute atomic E-state index is 11.7. The van der Waals surface area contributed by atoms with Crippen molar-refractivity contribution in [1.82, 2.24) is 9.78 Å².